The second-order valence-electron chi connectivity index (χ2n) is 3.70. The van der Waals surface area contributed by atoms with Crippen LogP contribution < -0.4 is 5.73 Å². The smallest absolute Gasteiger partial charge is 0.0651 e. The van der Waals surface area contributed by atoms with Crippen molar-refractivity contribution in [3.63, 3.8) is 0 Å². The van der Waals surface area contributed by atoms with Crippen molar-refractivity contribution in [3.05, 3.63) is 12.2 Å². The third-order valence-electron chi connectivity index (χ3n) is 2.24. The van der Waals surface area contributed by atoms with Crippen molar-refractivity contribution in [1.29, 1.82) is 0 Å². The van der Waals surface area contributed by atoms with Gasteiger partial charge in [0.2, 0.25) is 0 Å². The first-order chi connectivity index (χ1) is 6.81. The number of ether oxygens (including phenoxy) is 1. The van der Waals surface area contributed by atoms with Gasteiger partial charge in [0.25, 0.3) is 0 Å². The maximum Gasteiger partial charge on any atom is 0.0651 e. The third kappa shape index (κ3) is 9.75. The summed E-state index contributed by atoms with van der Waals surface area (Å²) in [5.74, 6) is 0. The molecule has 0 aliphatic rings. The zero-order valence-corrected chi connectivity index (χ0v) is 9.67. The second-order valence-corrected chi connectivity index (χ2v) is 3.70. The predicted molar refractivity (Wildman–Crippen MR) is 62.4 cm³/mol. The van der Waals surface area contributed by atoms with E-state index in [2.05, 4.69) is 13.8 Å². The maximum absolute atomic E-state index is 5.58. The van der Waals surface area contributed by atoms with E-state index in [4.69, 9.17) is 10.5 Å². The molecule has 2 nitrogen and oxygen atoms in total. The van der Waals surface area contributed by atoms with Gasteiger partial charge in [-0.1, -0.05) is 44.8 Å². The Kier molecular flexibility index (Phi) is 10.5. The molecule has 2 heteroatoms. The molecule has 0 amide bonds. The average Bonchev–Trinajstić information content (AvgIpc) is 2.19. The van der Waals surface area contributed by atoms with Crippen LogP contribution in [-0.2, 0) is 4.74 Å². The lowest BCUT2D eigenvalue weighted by atomic mass is 10.1. The molecule has 0 rings (SSSR count). The van der Waals surface area contributed by atoms with Crippen LogP contribution in [-0.4, -0.2) is 19.3 Å². The van der Waals surface area contributed by atoms with Gasteiger partial charge in [-0.05, 0) is 13.3 Å². The summed E-state index contributed by atoms with van der Waals surface area (Å²) in [4.78, 5) is 0. The molecular formula is C12H25NO. The van der Waals surface area contributed by atoms with Crippen LogP contribution in [0.1, 0.15) is 46.0 Å². The van der Waals surface area contributed by atoms with Crippen LogP contribution >= 0.6 is 0 Å². The van der Waals surface area contributed by atoms with Crippen molar-refractivity contribution in [2.45, 2.75) is 52.1 Å². The summed E-state index contributed by atoms with van der Waals surface area (Å²) in [5.41, 5.74) is 5.32. The molecule has 2 N–H and O–H groups in total. The van der Waals surface area contributed by atoms with Gasteiger partial charge in [0.1, 0.15) is 0 Å². The zero-order valence-electron chi connectivity index (χ0n) is 9.67. The number of hydrogen-bond acceptors (Lipinski definition) is 2. The molecule has 0 aromatic carbocycles. The summed E-state index contributed by atoms with van der Waals surface area (Å²) >= 11 is 0. The normalized spacial score (nSPS) is 13.6. The number of rotatable bonds is 9. The molecule has 0 saturated carbocycles. The first-order valence-corrected chi connectivity index (χ1v) is 5.78. The van der Waals surface area contributed by atoms with Gasteiger partial charge in [-0.3, -0.25) is 0 Å². The highest BCUT2D eigenvalue weighted by molar-refractivity contribution is 4.82. The maximum atomic E-state index is 5.58. The topological polar surface area (TPSA) is 35.2 Å². The Morgan fingerprint density at radius 1 is 1.21 bits per heavy atom. The summed E-state index contributed by atoms with van der Waals surface area (Å²) in [6, 6.07) is 0. The van der Waals surface area contributed by atoms with Crippen molar-refractivity contribution in [3.8, 4) is 0 Å². The van der Waals surface area contributed by atoms with Gasteiger partial charge in [0.05, 0.1) is 12.7 Å². The van der Waals surface area contributed by atoms with Crippen LogP contribution in [0.3, 0.4) is 0 Å². The van der Waals surface area contributed by atoms with E-state index in [1.54, 1.807) is 0 Å². The fraction of sp³-hybridized carbons (Fsp3) is 0.833. The molecule has 0 spiro atoms. The molecule has 0 saturated heterocycles. The molecule has 0 fully saturated rings. The lowest BCUT2D eigenvalue weighted by Gasteiger charge is -2.10. The molecular weight excluding hydrogens is 174 g/mol. The predicted octanol–water partition coefficient (Wildman–Crippen LogP) is 2.88. The summed E-state index contributed by atoms with van der Waals surface area (Å²) < 4.78 is 5.58. The second kappa shape index (κ2) is 10.7. The van der Waals surface area contributed by atoms with Crippen molar-refractivity contribution in [2.24, 2.45) is 5.73 Å². The Labute approximate surface area is 88.5 Å². The minimum atomic E-state index is 0.384. The van der Waals surface area contributed by atoms with Gasteiger partial charge in [0, 0.05) is 6.54 Å². The molecule has 0 heterocycles. The van der Waals surface area contributed by atoms with Crippen LogP contribution in [0.5, 0.6) is 0 Å². The molecule has 1 unspecified atom stereocenters. The Morgan fingerprint density at radius 2 is 2.00 bits per heavy atom. The summed E-state index contributed by atoms with van der Waals surface area (Å²) in [6.45, 7) is 5.68. The minimum Gasteiger partial charge on any atom is -0.374 e. The van der Waals surface area contributed by atoms with E-state index in [1.807, 2.05) is 12.2 Å². The van der Waals surface area contributed by atoms with Crippen LogP contribution in [0.4, 0.5) is 0 Å². The highest BCUT2D eigenvalue weighted by atomic mass is 16.5. The third-order valence-corrected chi connectivity index (χ3v) is 2.24. The molecule has 0 aromatic rings. The van der Waals surface area contributed by atoms with E-state index in [-0.39, 0.29) is 0 Å². The van der Waals surface area contributed by atoms with E-state index in [0.29, 0.717) is 19.3 Å². The quantitative estimate of drug-likeness (QED) is 0.458. The van der Waals surface area contributed by atoms with Gasteiger partial charge in [-0.25, -0.2) is 0 Å². The summed E-state index contributed by atoms with van der Waals surface area (Å²) in [7, 11) is 0. The van der Waals surface area contributed by atoms with Crippen LogP contribution in [0.15, 0.2) is 12.2 Å². The van der Waals surface area contributed by atoms with E-state index < -0.39 is 0 Å². The van der Waals surface area contributed by atoms with Crippen LogP contribution in [0, 0.1) is 0 Å². The Hall–Kier alpha value is -0.340. The minimum absolute atomic E-state index is 0.384. The molecule has 0 aliphatic carbocycles. The largest absolute Gasteiger partial charge is 0.374 e. The fourth-order valence-corrected chi connectivity index (χ4v) is 1.33. The van der Waals surface area contributed by atoms with E-state index >= 15 is 0 Å². The van der Waals surface area contributed by atoms with Gasteiger partial charge < -0.3 is 10.5 Å². The first kappa shape index (κ1) is 13.7. The average molecular weight is 199 g/mol. The molecule has 0 bridgehead atoms. The number of hydrogen-bond donors (Lipinski definition) is 1. The monoisotopic (exact) mass is 199 g/mol. The molecule has 0 aliphatic heterocycles. The molecule has 14 heavy (non-hydrogen) atoms. The number of nitrogens with two attached hydrogens (primary N) is 1. The Balaban J connectivity index is 3.19. The lowest BCUT2D eigenvalue weighted by molar-refractivity contribution is 0.0797. The lowest BCUT2D eigenvalue weighted by Crippen LogP contribution is -2.08. The standard InChI is InChI=1S/C12H25NO/c1-3-4-5-6-9-12(2)14-11-8-7-10-13/h7-8,12H,3-6,9-11,13H2,1-2H3. The van der Waals surface area contributed by atoms with Crippen molar-refractivity contribution < 1.29 is 4.74 Å². The van der Waals surface area contributed by atoms with Crippen LogP contribution in [0.25, 0.3) is 0 Å². The van der Waals surface area contributed by atoms with Crippen molar-refractivity contribution in [1.82, 2.24) is 0 Å². The first-order valence-electron chi connectivity index (χ1n) is 5.78. The van der Waals surface area contributed by atoms with E-state index in [1.165, 1.54) is 32.1 Å². The zero-order chi connectivity index (χ0) is 10.6. The fourth-order valence-electron chi connectivity index (χ4n) is 1.33. The van der Waals surface area contributed by atoms with Crippen molar-refractivity contribution in [2.75, 3.05) is 13.2 Å². The van der Waals surface area contributed by atoms with Gasteiger partial charge in [0.15, 0.2) is 0 Å². The van der Waals surface area contributed by atoms with Crippen molar-refractivity contribution >= 4 is 0 Å². The van der Waals surface area contributed by atoms with Gasteiger partial charge in [-0.15, -0.1) is 0 Å². The van der Waals surface area contributed by atoms with Gasteiger partial charge >= 0.3 is 0 Å². The molecule has 0 aromatic heterocycles. The molecule has 84 valence electrons. The highest BCUT2D eigenvalue weighted by Crippen LogP contribution is 2.07. The van der Waals surface area contributed by atoms with Crippen LogP contribution in [0.2, 0.25) is 0 Å². The summed E-state index contributed by atoms with van der Waals surface area (Å²) in [6.07, 6.45) is 10.8. The van der Waals surface area contributed by atoms with E-state index in [9.17, 15) is 0 Å². The highest BCUT2D eigenvalue weighted by Gasteiger charge is 1.99. The molecule has 0 radical (unpaired) electrons. The SMILES string of the molecule is CCCCCCC(C)OCC=CCN. The van der Waals surface area contributed by atoms with E-state index in [0.717, 1.165) is 0 Å². The Bertz CT molecular complexity index is 134. The van der Waals surface area contributed by atoms with Gasteiger partial charge in [-0.2, -0.15) is 0 Å². The summed E-state index contributed by atoms with van der Waals surface area (Å²) in [5, 5.41) is 0. The number of unbranched alkanes of at least 4 members (excludes halogenated alkanes) is 3. The Morgan fingerprint density at radius 3 is 2.64 bits per heavy atom. The molecule has 1 atom stereocenters.